The Labute approximate surface area is 126 Å². The average molecular weight is 298 g/mol. The zero-order valence-electron chi connectivity index (χ0n) is 12.4. The number of nitrogens with zero attached hydrogens (tertiary/aromatic N) is 1. The van der Waals surface area contributed by atoms with Gasteiger partial charge in [-0.05, 0) is 43.5 Å². The van der Waals surface area contributed by atoms with Crippen molar-refractivity contribution < 1.29 is 4.79 Å². The minimum absolute atomic E-state index is 0.0132. The van der Waals surface area contributed by atoms with Gasteiger partial charge in [-0.3, -0.25) is 4.79 Å². The Kier molecular flexibility index (Phi) is 6.82. The first-order chi connectivity index (χ1) is 9.43. The summed E-state index contributed by atoms with van der Waals surface area (Å²) >= 11 is 5.99. The summed E-state index contributed by atoms with van der Waals surface area (Å²) in [5, 5.41) is 3.55. The van der Waals surface area contributed by atoms with E-state index in [2.05, 4.69) is 12.2 Å². The minimum Gasteiger partial charge on any atom is -0.376 e. The second-order valence-electron chi connectivity index (χ2n) is 5.33. The summed E-state index contributed by atoms with van der Waals surface area (Å²) in [5.41, 5.74) is 7.20. The van der Waals surface area contributed by atoms with E-state index in [1.54, 1.807) is 6.07 Å². The molecule has 0 spiro atoms. The zero-order chi connectivity index (χ0) is 15.1. The van der Waals surface area contributed by atoms with Gasteiger partial charge in [-0.15, -0.1) is 0 Å². The summed E-state index contributed by atoms with van der Waals surface area (Å²) < 4.78 is 0. The molecule has 0 aromatic heterocycles. The van der Waals surface area contributed by atoms with Gasteiger partial charge in [0.1, 0.15) is 0 Å². The highest BCUT2D eigenvalue weighted by molar-refractivity contribution is 6.31. The predicted molar refractivity (Wildman–Crippen MR) is 86.5 cm³/mol. The maximum absolute atomic E-state index is 12.0. The van der Waals surface area contributed by atoms with Crippen LogP contribution < -0.4 is 16.0 Å². The molecule has 1 amide bonds. The number of carbonyl (C=O) groups excluding carboxylic acids is 1. The third-order valence-corrected chi connectivity index (χ3v) is 3.47. The van der Waals surface area contributed by atoms with Gasteiger partial charge in [-0.1, -0.05) is 18.5 Å². The van der Waals surface area contributed by atoms with Gasteiger partial charge < -0.3 is 16.0 Å². The van der Waals surface area contributed by atoms with Crippen LogP contribution in [-0.4, -0.2) is 26.5 Å². The predicted octanol–water partition coefficient (Wildman–Crippen LogP) is 3.11. The molecule has 0 heterocycles. The topological polar surface area (TPSA) is 58.4 Å². The lowest BCUT2D eigenvalue weighted by atomic mass is 10.0. The van der Waals surface area contributed by atoms with Crippen molar-refractivity contribution in [3.63, 3.8) is 0 Å². The van der Waals surface area contributed by atoms with E-state index in [4.69, 9.17) is 17.3 Å². The SMILES string of the molecule is CC(CCN)CCC(=O)Nc1cc(Cl)ccc1N(C)C. The van der Waals surface area contributed by atoms with Gasteiger partial charge in [-0.25, -0.2) is 0 Å². The van der Waals surface area contributed by atoms with E-state index in [0.717, 1.165) is 24.2 Å². The van der Waals surface area contributed by atoms with E-state index in [0.29, 0.717) is 23.9 Å². The molecule has 0 saturated heterocycles. The lowest BCUT2D eigenvalue weighted by Crippen LogP contribution is -2.17. The Morgan fingerprint density at radius 3 is 2.70 bits per heavy atom. The van der Waals surface area contributed by atoms with Crippen molar-refractivity contribution in [3.8, 4) is 0 Å². The second kappa shape index (κ2) is 8.12. The monoisotopic (exact) mass is 297 g/mol. The molecule has 1 aromatic rings. The second-order valence-corrected chi connectivity index (χ2v) is 5.76. The van der Waals surface area contributed by atoms with Gasteiger partial charge in [0.25, 0.3) is 0 Å². The van der Waals surface area contributed by atoms with E-state index < -0.39 is 0 Å². The summed E-state index contributed by atoms with van der Waals surface area (Å²) in [6.45, 7) is 2.78. The van der Waals surface area contributed by atoms with Gasteiger partial charge in [0.15, 0.2) is 0 Å². The van der Waals surface area contributed by atoms with E-state index >= 15 is 0 Å². The van der Waals surface area contributed by atoms with E-state index in [1.807, 2.05) is 31.1 Å². The van der Waals surface area contributed by atoms with Crippen LogP contribution in [-0.2, 0) is 4.79 Å². The number of halogens is 1. The van der Waals surface area contributed by atoms with Gasteiger partial charge in [-0.2, -0.15) is 0 Å². The summed E-state index contributed by atoms with van der Waals surface area (Å²) in [6.07, 6.45) is 2.30. The van der Waals surface area contributed by atoms with Crippen molar-refractivity contribution in [1.29, 1.82) is 0 Å². The van der Waals surface area contributed by atoms with Gasteiger partial charge in [0, 0.05) is 25.5 Å². The first kappa shape index (κ1) is 16.8. The third-order valence-electron chi connectivity index (χ3n) is 3.24. The molecule has 1 aromatic carbocycles. The van der Waals surface area contributed by atoms with Gasteiger partial charge >= 0.3 is 0 Å². The fourth-order valence-electron chi connectivity index (χ4n) is 2.02. The molecule has 3 N–H and O–H groups in total. The average Bonchev–Trinajstić information content (AvgIpc) is 2.36. The molecule has 0 radical (unpaired) electrons. The molecule has 1 atom stereocenters. The largest absolute Gasteiger partial charge is 0.376 e. The minimum atomic E-state index is 0.0132. The molecule has 0 bridgehead atoms. The molecular weight excluding hydrogens is 274 g/mol. The van der Waals surface area contributed by atoms with Crippen molar-refractivity contribution in [1.82, 2.24) is 0 Å². The van der Waals surface area contributed by atoms with Gasteiger partial charge in [0.2, 0.25) is 5.91 Å². The molecule has 0 saturated carbocycles. The zero-order valence-corrected chi connectivity index (χ0v) is 13.2. The van der Waals surface area contributed by atoms with Crippen LogP contribution in [0.4, 0.5) is 11.4 Å². The number of hydrogen-bond donors (Lipinski definition) is 2. The summed E-state index contributed by atoms with van der Waals surface area (Å²) in [4.78, 5) is 14.0. The van der Waals surface area contributed by atoms with Crippen molar-refractivity contribution in [2.24, 2.45) is 11.7 Å². The molecule has 0 aliphatic heterocycles. The number of carbonyl (C=O) groups is 1. The molecule has 4 nitrogen and oxygen atoms in total. The van der Waals surface area contributed by atoms with Crippen LogP contribution in [0.5, 0.6) is 0 Å². The van der Waals surface area contributed by atoms with Crippen molar-refractivity contribution in [3.05, 3.63) is 23.2 Å². The van der Waals surface area contributed by atoms with Crippen molar-refractivity contribution >= 4 is 28.9 Å². The fraction of sp³-hybridized carbons (Fsp3) is 0.533. The van der Waals surface area contributed by atoms with Crippen LogP contribution in [0.15, 0.2) is 18.2 Å². The molecule has 112 valence electrons. The number of anilines is 2. The standard InChI is InChI=1S/C15H24ClN3O/c1-11(8-9-17)4-7-15(20)18-13-10-12(16)5-6-14(13)19(2)3/h5-6,10-11H,4,7-9,17H2,1-3H3,(H,18,20). The highest BCUT2D eigenvalue weighted by atomic mass is 35.5. The Balaban J connectivity index is 2.63. The number of rotatable bonds is 7. The number of nitrogens with one attached hydrogen (secondary N) is 1. The maximum atomic E-state index is 12.0. The molecule has 20 heavy (non-hydrogen) atoms. The number of nitrogens with two attached hydrogens (primary N) is 1. The van der Waals surface area contributed by atoms with Crippen LogP contribution in [0.1, 0.15) is 26.2 Å². The van der Waals surface area contributed by atoms with E-state index in [9.17, 15) is 4.79 Å². The smallest absolute Gasteiger partial charge is 0.224 e. The molecule has 1 rings (SSSR count). The van der Waals surface area contributed by atoms with Crippen LogP contribution in [0.2, 0.25) is 5.02 Å². The van der Waals surface area contributed by atoms with Crippen LogP contribution in [0.25, 0.3) is 0 Å². The lowest BCUT2D eigenvalue weighted by molar-refractivity contribution is -0.116. The molecule has 0 aliphatic carbocycles. The highest BCUT2D eigenvalue weighted by Gasteiger charge is 2.10. The summed E-state index contributed by atoms with van der Waals surface area (Å²) in [5.74, 6) is 0.484. The lowest BCUT2D eigenvalue weighted by Gasteiger charge is -2.18. The van der Waals surface area contributed by atoms with E-state index in [-0.39, 0.29) is 5.91 Å². The van der Waals surface area contributed by atoms with Crippen molar-refractivity contribution in [2.45, 2.75) is 26.2 Å². The maximum Gasteiger partial charge on any atom is 0.224 e. The molecule has 0 fully saturated rings. The quantitative estimate of drug-likeness (QED) is 0.813. The van der Waals surface area contributed by atoms with Crippen LogP contribution >= 0.6 is 11.6 Å². The number of benzene rings is 1. The Hall–Kier alpha value is -1.26. The third kappa shape index (κ3) is 5.39. The normalized spacial score (nSPS) is 12.1. The Morgan fingerprint density at radius 2 is 2.10 bits per heavy atom. The van der Waals surface area contributed by atoms with Gasteiger partial charge in [0.05, 0.1) is 11.4 Å². The van der Waals surface area contributed by atoms with Crippen LogP contribution in [0.3, 0.4) is 0 Å². The number of amides is 1. The molecule has 1 unspecified atom stereocenters. The molecule has 0 aliphatic rings. The fourth-order valence-corrected chi connectivity index (χ4v) is 2.19. The highest BCUT2D eigenvalue weighted by Crippen LogP contribution is 2.28. The van der Waals surface area contributed by atoms with Crippen molar-refractivity contribution in [2.75, 3.05) is 30.9 Å². The first-order valence-electron chi connectivity index (χ1n) is 6.90. The van der Waals surface area contributed by atoms with Crippen LogP contribution in [0, 0.1) is 5.92 Å². The molecular formula is C15H24ClN3O. The first-order valence-corrected chi connectivity index (χ1v) is 7.28. The number of hydrogen-bond acceptors (Lipinski definition) is 3. The summed E-state index contributed by atoms with van der Waals surface area (Å²) in [7, 11) is 3.87. The molecule has 5 heteroatoms. The Morgan fingerprint density at radius 1 is 1.40 bits per heavy atom. The van der Waals surface area contributed by atoms with E-state index in [1.165, 1.54) is 0 Å². The summed E-state index contributed by atoms with van der Waals surface area (Å²) in [6, 6.07) is 5.49. The Bertz CT molecular complexity index is 449.